The van der Waals surface area contributed by atoms with E-state index in [1.165, 1.54) is 19.4 Å². The lowest BCUT2D eigenvalue weighted by atomic mass is 9.88. The highest BCUT2D eigenvalue weighted by molar-refractivity contribution is 5.85. The number of halogens is 1. The van der Waals surface area contributed by atoms with Gasteiger partial charge >= 0.3 is 0 Å². The molecule has 2 aliphatic rings. The van der Waals surface area contributed by atoms with E-state index in [4.69, 9.17) is 0 Å². The molecule has 2 aliphatic heterocycles. The SMILES string of the molecule is CC(C)C(=O)NC1CCCN(CC2(C)CCNC2)C1.Cl. The van der Waals surface area contributed by atoms with Crippen LogP contribution in [0.1, 0.15) is 40.0 Å². The highest BCUT2D eigenvalue weighted by atomic mass is 35.5. The number of nitrogens with zero attached hydrogens (tertiary/aromatic N) is 1. The lowest BCUT2D eigenvalue weighted by Crippen LogP contribution is -2.51. The minimum absolute atomic E-state index is 0. The van der Waals surface area contributed by atoms with Gasteiger partial charge in [-0.1, -0.05) is 20.8 Å². The Labute approximate surface area is 129 Å². The summed E-state index contributed by atoms with van der Waals surface area (Å²) in [5.74, 6) is 0.285. The van der Waals surface area contributed by atoms with Gasteiger partial charge in [0, 0.05) is 31.6 Å². The molecule has 0 aromatic rings. The van der Waals surface area contributed by atoms with Gasteiger partial charge in [0.1, 0.15) is 0 Å². The molecule has 0 radical (unpaired) electrons. The van der Waals surface area contributed by atoms with Crippen LogP contribution in [-0.2, 0) is 4.79 Å². The summed E-state index contributed by atoms with van der Waals surface area (Å²) < 4.78 is 0. The van der Waals surface area contributed by atoms with Crippen LogP contribution in [0.3, 0.4) is 0 Å². The largest absolute Gasteiger partial charge is 0.352 e. The second-order valence-corrected chi connectivity index (χ2v) is 6.97. The quantitative estimate of drug-likeness (QED) is 0.830. The Morgan fingerprint density at radius 1 is 1.50 bits per heavy atom. The highest BCUT2D eigenvalue weighted by Crippen LogP contribution is 2.27. The number of nitrogens with one attached hydrogen (secondary N) is 2. The first kappa shape index (κ1) is 17.7. The number of hydrogen-bond acceptors (Lipinski definition) is 3. The molecule has 2 heterocycles. The summed E-state index contributed by atoms with van der Waals surface area (Å²) in [6.45, 7) is 11.9. The molecule has 0 aromatic heterocycles. The lowest BCUT2D eigenvalue weighted by molar-refractivity contribution is -0.125. The number of piperidine rings is 1. The van der Waals surface area contributed by atoms with Crippen molar-refractivity contribution in [3.63, 3.8) is 0 Å². The van der Waals surface area contributed by atoms with Crippen molar-refractivity contribution in [3.05, 3.63) is 0 Å². The third kappa shape index (κ3) is 4.90. The first-order valence-corrected chi connectivity index (χ1v) is 7.72. The zero-order chi connectivity index (χ0) is 13.9. The minimum atomic E-state index is 0. The molecule has 2 unspecified atom stereocenters. The van der Waals surface area contributed by atoms with Gasteiger partial charge in [0.05, 0.1) is 0 Å². The highest BCUT2D eigenvalue weighted by Gasteiger charge is 2.32. The molecule has 0 saturated carbocycles. The van der Waals surface area contributed by atoms with Gasteiger partial charge in [-0.25, -0.2) is 0 Å². The van der Waals surface area contributed by atoms with Crippen molar-refractivity contribution < 1.29 is 4.79 Å². The van der Waals surface area contributed by atoms with Crippen LogP contribution in [-0.4, -0.2) is 49.6 Å². The standard InChI is InChI=1S/C15H29N3O.ClH/c1-12(2)14(19)17-13-5-4-8-18(9-13)11-15(3)6-7-16-10-15;/h12-13,16H,4-11H2,1-3H3,(H,17,19);1H. The minimum Gasteiger partial charge on any atom is -0.352 e. The van der Waals surface area contributed by atoms with Crippen molar-refractivity contribution in [1.29, 1.82) is 0 Å². The summed E-state index contributed by atoms with van der Waals surface area (Å²) in [6.07, 6.45) is 3.60. The van der Waals surface area contributed by atoms with Crippen LogP contribution < -0.4 is 10.6 Å². The van der Waals surface area contributed by atoms with Gasteiger partial charge in [0.25, 0.3) is 0 Å². The van der Waals surface area contributed by atoms with Gasteiger partial charge in [-0.3, -0.25) is 4.79 Å². The van der Waals surface area contributed by atoms with Crippen molar-refractivity contribution in [2.45, 2.75) is 46.1 Å². The Hall–Kier alpha value is -0.320. The van der Waals surface area contributed by atoms with Gasteiger partial charge in [-0.05, 0) is 37.8 Å². The van der Waals surface area contributed by atoms with E-state index < -0.39 is 0 Å². The van der Waals surface area contributed by atoms with Crippen LogP contribution in [0.25, 0.3) is 0 Å². The van der Waals surface area contributed by atoms with E-state index in [1.807, 2.05) is 13.8 Å². The Balaban J connectivity index is 0.00000200. The summed E-state index contributed by atoms with van der Waals surface area (Å²) in [5, 5.41) is 6.65. The summed E-state index contributed by atoms with van der Waals surface area (Å²) in [4.78, 5) is 14.3. The van der Waals surface area contributed by atoms with Gasteiger partial charge in [-0.15, -0.1) is 12.4 Å². The fourth-order valence-corrected chi connectivity index (χ4v) is 3.23. The number of carbonyl (C=O) groups is 1. The monoisotopic (exact) mass is 303 g/mol. The summed E-state index contributed by atoms with van der Waals surface area (Å²) >= 11 is 0. The van der Waals surface area contributed by atoms with Crippen molar-refractivity contribution in [2.75, 3.05) is 32.7 Å². The fourth-order valence-electron chi connectivity index (χ4n) is 3.23. The fraction of sp³-hybridized carbons (Fsp3) is 0.933. The topological polar surface area (TPSA) is 44.4 Å². The van der Waals surface area contributed by atoms with Crippen LogP contribution >= 0.6 is 12.4 Å². The zero-order valence-electron chi connectivity index (χ0n) is 13.1. The molecule has 0 aromatic carbocycles. The Bertz CT molecular complexity index is 316. The van der Waals surface area contributed by atoms with Crippen LogP contribution in [0.15, 0.2) is 0 Å². The van der Waals surface area contributed by atoms with Crippen LogP contribution in [0.5, 0.6) is 0 Å². The Morgan fingerprint density at radius 2 is 2.25 bits per heavy atom. The van der Waals surface area contributed by atoms with E-state index >= 15 is 0 Å². The summed E-state index contributed by atoms with van der Waals surface area (Å²) in [6, 6.07) is 0.349. The van der Waals surface area contributed by atoms with Crippen molar-refractivity contribution >= 4 is 18.3 Å². The maximum Gasteiger partial charge on any atom is 0.222 e. The van der Waals surface area contributed by atoms with E-state index in [-0.39, 0.29) is 24.2 Å². The lowest BCUT2D eigenvalue weighted by Gasteiger charge is -2.38. The van der Waals surface area contributed by atoms with Gasteiger partial charge in [-0.2, -0.15) is 0 Å². The average molecular weight is 304 g/mol. The maximum absolute atomic E-state index is 11.8. The Kier molecular flexibility index (Phi) is 6.76. The van der Waals surface area contributed by atoms with Crippen molar-refractivity contribution in [2.24, 2.45) is 11.3 Å². The first-order chi connectivity index (χ1) is 8.98. The molecule has 2 saturated heterocycles. The van der Waals surface area contributed by atoms with Gasteiger partial charge in [0.2, 0.25) is 5.91 Å². The zero-order valence-corrected chi connectivity index (χ0v) is 13.9. The third-order valence-corrected chi connectivity index (χ3v) is 4.44. The second kappa shape index (κ2) is 7.62. The van der Waals surface area contributed by atoms with E-state index in [0.717, 1.165) is 32.6 Å². The van der Waals surface area contributed by atoms with E-state index in [1.54, 1.807) is 0 Å². The van der Waals surface area contributed by atoms with E-state index in [2.05, 4.69) is 22.5 Å². The molecule has 118 valence electrons. The first-order valence-electron chi connectivity index (χ1n) is 7.72. The molecule has 2 fully saturated rings. The smallest absolute Gasteiger partial charge is 0.222 e. The summed E-state index contributed by atoms with van der Waals surface area (Å²) in [5.41, 5.74) is 0.421. The number of likely N-dealkylation sites (tertiary alicyclic amines) is 1. The molecule has 20 heavy (non-hydrogen) atoms. The van der Waals surface area contributed by atoms with Gasteiger partial charge in [0.15, 0.2) is 0 Å². The van der Waals surface area contributed by atoms with E-state index in [0.29, 0.717) is 11.5 Å². The van der Waals surface area contributed by atoms with Crippen molar-refractivity contribution in [3.8, 4) is 0 Å². The predicted molar refractivity (Wildman–Crippen MR) is 85.3 cm³/mol. The third-order valence-electron chi connectivity index (χ3n) is 4.44. The average Bonchev–Trinajstić information content (AvgIpc) is 2.76. The molecule has 1 amide bonds. The summed E-state index contributed by atoms with van der Waals surface area (Å²) in [7, 11) is 0. The van der Waals surface area contributed by atoms with Gasteiger partial charge < -0.3 is 15.5 Å². The molecule has 0 aliphatic carbocycles. The number of hydrogen-bond donors (Lipinski definition) is 2. The molecule has 2 atom stereocenters. The normalized spacial score (nSPS) is 31.1. The van der Waals surface area contributed by atoms with Crippen LogP contribution in [0.4, 0.5) is 0 Å². The van der Waals surface area contributed by atoms with Crippen LogP contribution in [0.2, 0.25) is 0 Å². The predicted octanol–water partition coefficient (Wildman–Crippen LogP) is 1.64. The molecular weight excluding hydrogens is 274 g/mol. The molecule has 5 heteroatoms. The number of carbonyl (C=O) groups excluding carboxylic acids is 1. The molecule has 2 N–H and O–H groups in total. The van der Waals surface area contributed by atoms with Crippen LogP contribution in [0, 0.1) is 11.3 Å². The Morgan fingerprint density at radius 3 is 2.85 bits per heavy atom. The maximum atomic E-state index is 11.8. The molecular formula is C15H30ClN3O. The molecule has 0 spiro atoms. The van der Waals surface area contributed by atoms with E-state index in [9.17, 15) is 4.79 Å². The van der Waals surface area contributed by atoms with Crippen molar-refractivity contribution in [1.82, 2.24) is 15.5 Å². The molecule has 4 nitrogen and oxygen atoms in total. The second-order valence-electron chi connectivity index (χ2n) is 6.97. The number of rotatable bonds is 4. The number of amides is 1. The molecule has 2 rings (SSSR count). The molecule has 0 bridgehead atoms.